The zero-order valence-electron chi connectivity index (χ0n) is 13.8. The Bertz CT molecular complexity index is 959. The molecule has 1 aliphatic heterocycles. The number of benzene rings is 2. The molecule has 2 aromatic rings. The monoisotopic (exact) mass is 344 g/mol. The summed E-state index contributed by atoms with van der Waals surface area (Å²) in [7, 11) is 0. The largest absolute Gasteiger partial charge is 0.241 e. The van der Waals surface area contributed by atoms with Gasteiger partial charge < -0.3 is 0 Å². The van der Waals surface area contributed by atoms with Crippen LogP contribution >= 0.6 is 11.6 Å². The third kappa shape index (κ3) is 3.04. The number of halogens is 1. The molecule has 0 radical (unpaired) electrons. The molecule has 0 spiro atoms. The van der Waals surface area contributed by atoms with Crippen LogP contribution in [0.5, 0.6) is 0 Å². The summed E-state index contributed by atoms with van der Waals surface area (Å²) in [5.41, 5.74) is 7.65. The number of fused-ring (bicyclic) bond motifs is 2. The highest BCUT2D eigenvalue weighted by atomic mass is 35.5. The Morgan fingerprint density at radius 2 is 1.84 bits per heavy atom. The van der Waals surface area contributed by atoms with E-state index in [0.717, 1.165) is 53.7 Å². The summed E-state index contributed by atoms with van der Waals surface area (Å²) in [4.78, 5) is 4.76. The molecule has 2 nitrogen and oxygen atoms in total. The number of allylic oxidation sites excluding steroid dienone is 3. The average Bonchev–Trinajstić information content (AvgIpc) is 2.91. The molecule has 0 saturated heterocycles. The van der Waals surface area contributed by atoms with Crippen molar-refractivity contribution in [3.05, 3.63) is 87.6 Å². The minimum absolute atomic E-state index is 0.582. The first-order valence-corrected chi connectivity index (χ1v) is 8.86. The summed E-state index contributed by atoms with van der Waals surface area (Å²) in [5.74, 6) is 0. The Morgan fingerprint density at radius 1 is 1.00 bits per heavy atom. The van der Waals surface area contributed by atoms with Crippen molar-refractivity contribution in [1.82, 2.24) is 0 Å². The summed E-state index contributed by atoms with van der Waals surface area (Å²) >= 11 is 6.57. The molecule has 2 aliphatic rings. The Kier molecular flexibility index (Phi) is 4.26. The van der Waals surface area contributed by atoms with E-state index in [1.807, 2.05) is 30.3 Å². The summed E-state index contributed by atoms with van der Waals surface area (Å²) in [6.07, 6.45) is 5.50. The second kappa shape index (κ2) is 6.70. The normalized spacial score (nSPS) is 16.6. The summed E-state index contributed by atoms with van der Waals surface area (Å²) in [5, 5.41) is 9.95. The molecule has 0 saturated carbocycles. The van der Waals surface area contributed by atoms with Gasteiger partial charge >= 0.3 is 0 Å². The molecule has 1 heterocycles. The number of hydrogen-bond donors (Lipinski definition) is 0. The van der Waals surface area contributed by atoms with Crippen molar-refractivity contribution in [2.45, 2.75) is 25.7 Å². The molecule has 0 fully saturated rings. The standard InChI is InChI=1S/C22H17ClN2/c23-22-20(15-5-2-1-3-6-15)10-9-17-13-16-7-4-8-18(14-24)19(16)11-12-21(17)25-22/h1-9H,10-13H2. The van der Waals surface area contributed by atoms with Crippen molar-refractivity contribution >= 4 is 22.9 Å². The fraction of sp³-hybridized carbons (Fsp3) is 0.182. The maximum Gasteiger partial charge on any atom is 0.133 e. The number of aliphatic imine (C=N–C) groups is 1. The molecule has 0 amide bonds. The molecule has 0 atom stereocenters. The van der Waals surface area contributed by atoms with Crippen LogP contribution in [-0.4, -0.2) is 5.71 Å². The van der Waals surface area contributed by atoms with Gasteiger partial charge in [0.25, 0.3) is 0 Å². The second-order valence-corrected chi connectivity index (χ2v) is 6.72. The molecule has 3 heteroatoms. The van der Waals surface area contributed by atoms with Gasteiger partial charge in [-0.3, -0.25) is 0 Å². The molecule has 1 aliphatic carbocycles. The van der Waals surface area contributed by atoms with E-state index in [2.05, 4.69) is 30.3 Å². The highest BCUT2D eigenvalue weighted by Crippen LogP contribution is 2.33. The van der Waals surface area contributed by atoms with Crippen molar-refractivity contribution in [3.8, 4) is 6.07 Å². The van der Waals surface area contributed by atoms with Crippen molar-refractivity contribution < 1.29 is 0 Å². The van der Waals surface area contributed by atoms with E-state index in [1.54, 1.807) is 0 Å². The highest BCUT2D eigenvalue weighted by molar-refractivity contribution is 6.33. The van der Waals surface area contributed by atoms with Crippen molar-refractivity contribution in [2.24, 2.45) is 4.99 Å². The lowest BCUT2D eigenvalue weighted by atomic mass is 9.96. The molecule has 0 N–H and O–H groups in total. The maximum absolute atomic E-state index is 9.37. The molecule has 122 valence electrons. The lowest BCUT2D eigenvalue weighted by Crippen LogP contribution is -2.03. The first-order valence-electron chi connectivity index (χ1n) is 8.48. The third-order valence-electron chi connectivity index (χ3n) is 4.91. The van der Waals surface area contributed by atoms with E-state index < -0.39 is 0 Å². The smallest absolute Gasteiger partial charge is 0.133 e. The van der Waals surface area contributed by atoms with Gasteiger partial charge in [0, 0.05) is 11.3 Å². The van der Waals surface area contributed by atoms with Crippen LogP contribution in [0.3, 0.4) is 0 Å². The van der Waals surface area contributed by atoms with Gasteiger partial charge in [0.2, 0.25) is 0 Å². The molecule has 4 rings (SSSR count). The number of rotatable bonds is 1. The van der Waals surface area contributed by atoms with Crippen LogP contribution in [0.1, 0.15) is 35.1 Å². The van der Waals surface area contributed by atoms with E-state index in [9.17, 15) is 5.26 Å². The van der Waals surface area contributed by atoms with E-state index in [1.165, 1.54) is 11.1 Å². The van der Waals surface area contributed by atoms with Gasteiger partial charge in [0.1, 0.15) is 5.16 Å². The predicted octanol–water partition coefficient (Wildman–Crippen LogP) is 5.43. The Hall–Kier alpha value is -2.63. The van der Waals surface area contributed by atoms with E-state index in [0.29, 0.717) is 5.16 Å². The topological polar surface area (TPSA) is 36.1 Å². The van der Waals surface area contributed by atoms with Gasteiger partial charge in [-0.2, -0.15) is 5.26 Å². The van der Waals surface area contributed by atoms with E-state index in [-0.39, 0.29) is 0 Å². The summed E-state index contributed by atoms with van der Waals surface area (Å²) in [6.45, 7) is 0. The van der Waals surface area contributed by atoms with E-state index >= 15 is 0 Å². The lowest BCUT2D eigenvalue weighted by Gasteiger charge is -2.07. The van der Waals surface area contributed by atoms with Crippen LogP contribution in [0.15, 0.2) is 70.3 Å². The Morgan fingerprint density at radius 3 is 2.64 bits per heavy atom. The van der Waals surface area contributed by atoms with Crippen molar-refractivity contribution in [1.29, 1.82) is 5.26 Å². The molecule has 2 aromatic carbocycles. The first-order chi connectivity index (χ1) is 12.3. The van der Waals surface area contributed by atoms with Gasteiger partial charge in [0.15, 0.2) is 0 Å². The summed E-state index contributed by atoms with van der Waals surface area (Å²) in [6, 6.07) is 18.5. The highest BCUT2D eigenvalue weighted by Gasteiger charge is 2.21. The van der Waals surface area contributed by atoms with Gasteiger partial charge in [-0.15, -0.1) is 0 Å². The molecular formula is C22H17ClN2. The quantitative estimate of drug-likeness (QED) is 0.636. The zero-order valence-corrected chi connectivity index (χ0v) is 14.6. The fourth-order valence-corrected chi connectivity index (χ4v) is 3.89. The van der Waals surface area contributed by atoms with Crippen LogP contribution in [-0.2, 0) is 12.8 Å². The summed E-state index contributed by atoms with van der Waals surface area (Å²) < 4.78 is 0. The SMILES string of the molecule is N#Cc1cccc2c1CCC1=NC(Cl)=C(c3ccccc3)CC=C1C2. The average molecular weight is 345 g/mol. The lowest BCUT2D eigenvalue weighted by molar-refractivity contribution is 1.03. The molecule has 0 unspecified atom stereocenters. The van der Waals surface area contributed by atoms with Gasteiger partial charge in [-0.25, -0.2) is 4.99 Å². The van der Waals surface area contributed by atoms with Crippen molar-refractivity contribution in [2.75, 3.05) is 0 Å². The molecular weight excluding hydrogens is 328 g/mol. The van der Waals surface area contributed by atoms with Gasteiger partial charge in [-0.05, 0) is 54.0 Å². The first kappa shape index (κ1) is 15.9. The molecule has 0 aromatic heterocycles. The minimum atomic E-state index is 0.582. The Balaban J connectivity index is 1.74. The van der Waals surface area contributed by atoms with Crippen LogP contribution in [0.4, 0.5) is 0 Å². The van der Waals surface area contributed by atoms with Crippen LogP contribution in [0.2, 0.25) is 0 Å². The number of hydrogen-bond acceptors (Lipinski definition) is 2. The van der Waals surface area contributed by atoms with E-state index in [4.69, 9.17) is 16.6 Å². The second-order valence-electron chi connectivity index (χ2n) is 6.36. The number of nitriles is 1. The van der Waals surface area contributed by atoms with Crippen LogP contribution in [0, 0.1) is 11.3 Å². The van der Waals surface area contributed by atoms with Gasteiger partial charge in [-0.1, -0.05) is 60.1 Å². The van der Waals surface area contributed by atoms with Crippen molar-refractivity contribution in [3.63, 3.8) is 0 Å². The molecule has 0 bridgehead atoms. The van der Waals surface area contributed by atoms with Gasteiger partial charge in [0.05, 0.1) is 11.6 Å². The Labute approximate surface area is 152 Å². The minimum Gasteiger partial charge on any atom is -0.241 e. The van der Waals surface area contributed by atoms with Crippen LogP contribution < -0.4 is 0 Å². The van der Waals surface area contributed by atoms with Crippen LogP contribution in [0.25, 0.3) is 5.57 Å². The number of nitrogens with zero attached hydrogens (tertiary/aromatic N) is 2. The predicted molar refractivity (Wildman–Crippen MR) is 103 cm³/mol. The molecule has 25 heavy (non-hydrogen) atoms. The third-order valence-corrected chi connectivity index (χ3v) is 5.23. The zero-order chi connectivity index (χ0) is 17.2. The fourth-order valence-electron chi connectivity index (χ4n) is 3.60. The maximum atomic E-state index is 9.37.